The first-order valence-electron chi connectivity index (χ1n) is 5.93. The molecule has 0 aromatic carbocycles. The molecule has 0 saturated heterocycles. The van der Waals surface area contributed by atoms with Gasteiger partial charge in [0.15, 0.2) is 0 Å². The van der Waals surface area contributed by atoms with Gasteiger partial charge in [0.25, 0.3) is 0 Å². The summed E-state index contributed by atoms with van der Waals surface area (Å²) in [4.78, 5) is 0. The van der Waals surface area contributed by atoms with E-state index in [-0.39, 0.29) is 19.5 Å². The first kappa shape index (κ1) is 26.2. The van der Waals surface area contributed by atoms with Crippen molar-refractivity contribution in [2.45, 2.75) is 65.2 Å². The van der Waals surface area contributed by atoms with E-state index in [1.165, 1.54) is 38.5 Å². The maximum Gasteiger partial charge on any atom is 0.0495 e. The van der Waals surface area contributed by atoms with E-state index in [9.17, 15) is 0 Å². The summed E-state index contributed by atoms with van der Waals surface area (Å²) in [6.45, 7) is 11.7. The van der Waals surface area contributed by atoms with Crippen molar-refractivity contribution < 1.29 is 32.4 Å². The number of hydrogen-bond acceptors (Lipinski definition) is 3. The van der Waals surface area contributed by atoms with Gasteiger partial charge in [-0.2, -0.15) is 12.8 Å². The SMILES string of the molecule is O=[S-](=O)O.[CH2-]CCC.[CH2-]CCCCCCC.[Zn]. The fourth-order valence-electron chi connectivity index (χ4n) is 0.780. The number of rotatable bonds is 6. The van der Waals surface area contributed by atoms with Crippen LogP contribution >= 0.6 is 0 Å². The van der Waals surface area contributed by atoms with Gasteiger partial charge in [0.05, 0.1) is 0 Å². The number of hydrogen-bond donors (Lipinski definition) is 1. The third kappa shape index (κ3) is 81.8. The van der Waals surface area contributed by atoms with Crippen molar-refractivity contribution in [2.24, 2.45) is 0 Å². The van der Waals surface area contributed by atoms with Gasteiger partial charge < -0.3 is 26.8 Å². The Balaban J connectivity index is -0.0000000806. The molecule has 0 spiro atoms. The molecule has 0 heterocycles. The van der Waals surface area contributed by atoms with Crippen molar-refractivity contribution in [1.29, 1.82) is 0 Å². The van der Waals surface area contributed by atoms with Crippen LogP contribution in [0.3, 0.4) is 0 Å². The van der Waals surface area contributed by atoms with Crippen molar-refractivity contribution in [3.63, 3.8) is 0 Å². The minimum absolute atomic E-state index is 0. The molecule has 0 aromatic rings. The molecule has 0 fully saturated rings. The molecule has 3 nitrogen and oxygen atoms in total. The second kappa shape index (κ2) is 30.0. The van der Waals surface area contributed by atoms with Gasteiger partial charge in [-0.25, -0.2) is 0 Å². The van der Waals surface area contributed by atoms with Gasteiger partial charge in [-0.05, 0) is 0 Å². The Kier molecular flexibility index (Phi) is 46.2. The summed E-state index contributed by atoms with van der Waals surface area (Å²) in [7, 11) is -2.86. The van der Waals surface area contributed by atoms with Crippen molar-refractivity contribution >= 4 is 11.0 Å². The van der Waals surface area contributed by atoms with Crippen LogP contribution in [-0.4, -0.2) is 4.55 Å². The summed E-state index contributed by atoms with van der Waals surface area (Å²) < 4.78 is 24.1. The van der Waals surface area contributed by atoms with Gasteiger partial charge >= 0.3 is 0 Å². The summed E-state index contributed by atoms with van der Waals surface area (Å²) in [6.07, 6.45) is 10.3. The maximum atomic E-state index is 8.56. The summed E-state index contributed by atoms with van der Waals surface area (Å²) in [5.74, 6) is 0. The fourth-order valence-corrected chi connectivity index (χ4v) is 0.780. The average Bonchev–Trinajstić information content (AvgIpc) is 2.24. The molecule has 104 valence electrons. The quantitative estimate of drug-likeness (QED) is 0.195. The summed E-state index contributed by atoms with van der Waals surface area (Å²) >= 11 is 0. The van der Waals surface area contributed by atoms with Crippen LogP contribution in [0.4, 0.5) is 0 Å². The normalized spacial score (nSPS) is 8.35. The second-order valence-electron chi connectivity index (χ2n) is 3.34. The Labute approximate surface area is 122 Å². The van der Waals surface area contributed by atoms with Gasteiger partial charge in [-0.15, -0.1) is 0 Å². The Bertz CT molecular complexity index is 146. The van der Waals surface area contributed by atoms with Gasteiger partial charge in [0, 0.05) is 30.5 Å². The van der Waals surface area contributed by atoms with Crippen LogP contribution < -0.4 is 0 Å². The monoisotopic (exact) mass is 315 g/mol. The molecule has 5 heteroatoms. The zero-order valence-corrected chi connectivity index (χ0v) is 15.2. The van der Waals surface area contributed by atoms with Gasteiger partial charge in [-0.3, -0.25) is 0 Å². The smallest absolute Gasteiger partial charge is 0.0495 e. The third-order valence-corrected chi connectivity index (χ3v) is 1.71. The molecule has 1 N–H and O–H groups in total. The van der Waals surface area contributed by atoms with E-state index in [2.05, 4.69) is 27.7 Å². The van der Waals surface area contributed by atoms with E-state index in [0.29, 0.717) is 0 Å². The van der Waals surface area contributed by atoms with Gasteiger partial charge in [0.2, 0.25) is 0 Å². The molecule has 0 aliphatic heterocycles. The van der Waals surface area contributed by atoms with Crippen LogP contribution in [0, 0.1) is 13.8 Å². The van der Waals surface area contributed by atoms with E-state index in [1.807, 2.05) is 0 Å². The minimum atomic E-state index is -2.86. The topological polar surface area (TPSA) is 54.4 Å². The molecule has 17 heavy (non-hydrogen) atoms. The van der Waals surface area contributed by atoms with Gasteiger partial charge in [0.1, 0.15) is 0 Å². The maximum absolute atomic E-state index is 8.56. The van der Waals surface area contributed by atoms with Crippen LogP contribution in [-0.2, 0) is 38.9 Å². The molecule has 0 bridgehead atoms. The molecular formula is C12H27O3SZn-3. The fraction of sp³-hybridized carbons (Fsp3) is 0.833. The predicted molar refractivity (Wildman–Crippen MR) is 70.4 cm³/mol. The van der Waals surface area contributed by atoms with Crippen LogP contribution in [0.5, 0.6) is 0 Å². The summed E-state index contributed by atoms with van der Waals surface area (Å²) in [6, 6.07) is 0. The Hall–Kier alpha value is 0.533. The van der Waals surface area contributed by atoms with Crippen molar-refractivity contribution in [1.82, 2.24) is 0 Å². The van der Waals surface area contributed by atoms with Gasteiger partial charge in [-0.1, -0.05) is 52.4 Å². The van der Waals surface area contributed by atoms with Crippen LogP contribution in [0.25, 0.3) is 0 Å². The van der Waals surface area contributed by atoms with E-state index in [1.54, 1.807) is 0 Å². The molecule has 0 saturated carbocycles. The summed E-state index contributed by atoms with van der Waals surface area (Å²) in [5.41, 5.74) is 0. The van der Waals surface area contributed by atoms with Crippen LogP contribution in [0.2, 0.25) is 0 Å². The molecule has 0 aromatic heterocycles. The second-order valence-corrected chi connectivity index (χ2v) is 3.77. The van der Waals surface area contributed by atoms with Crippen molar-refractivity contribution in [3.8, 4) is 0 Å². The molecule has 0 atom stereocenters. The van der Waals surface area contributed by atoms with Crippen LogP contribution in [0.15, 0.2) is 0 Å². The molecule has 0 amide bonds. The number of unbranched alkanes of at least 4 members (excludes halogenated alkanes) is 6. The third-order valence-electron chi connectivity index (χ3n) is 1.71. The Morgan fingerprint density at radius 2 is 1.24 bits per heavy atom. The van der Waals surface area contributed by atoms with E-state index in [0.717, 1.165) is 12.8 Å². The average molecular weight is 317 g/mol. The standard InChI is InChI=1S/C8H17.C4H9.HO3S.Zn/c1-3-5-7-8-6-4-2;1-3-4-2;1-4(2)3;/h1,3-8H2,2H3;1,3-4H2,2H3;(H,1,2,3);/q3*-1;. The summed E-state index contributed by atoms with van der Waals surface area (Å²) in [5, 5.41) is 0. The van der Waals surface area contributed by atoms with Crippen molar-refractivity contribution in [2.75, 3.05) is 0 Å². The Morgan fingerprint density at radius 3 is 1.47 bits per heavy atom. The minimum Gasteiger partial charge on any atom is -0.439 e. The first-order valence-corrected chi connectivity index (χ1v) is 6.96. The van der Waals surface area contributed by atoms with Crippen LogP contribution in [0.1, 0.15) is 65.2 Å². The van der Waals surface area contributed by atoms with E-state index >= 15 is 0 Å². The molecule has 0 radical (unpaired) electrons. The largest absolute Gasteiger partial charge is 0.439 e. The molecule has 0 aliphatic rings. The van der Waals surface area contributed by atoms with E-state index in [4.69, 9.17) is 13.0 Å². The zero-order valence-electron chi connectivity index (χ0n) is 11.5. The zero-order chi connectivity index (χ0) is 13.2. The van der Waals surface area contributed by atoms with Crippen molar-refractivity contribution in [3.05, 3.63) is 13.8 Å². The molecule has 0 rings (SSSR count). The molecule has 0 aliphatic carbocycles. The Morgan fingerprint density at radius 1 is 0.882 bits per heavy atom. The molecular weight excluding hydrogens is 290 g/mol. The predicted octanol–water partition coefficient (Wildman–Crippen LogP) is 4.57. The first-order chi connectivity index (χ1) is 7.56. The van der Waals surface area contributed by atoms with E-state index < -0.39 is 11.0 Å². The molecule has 0 unspecified atom stereocenters.